The molecule has 1 aromatic heterocycles. The van der Waals surface area contributed by atoms with Gasteiger partial charge >= 0.3 is 0 Å². The van der Waals surface area contributed by atoms with Crippen LogP contribution in [0, 0.1) is 12.7 Å². The molecule has 0 unspecified atom stereocenters. The number of amides is 1. The molecule has 2 aromatic carbocycles. The van der Waals surface area contributed by atoms with E-state index in [0.717, 1.165) is 16.7 Å². The van der Waals surface area contributed by atoms with Gasteiger partial charge in [-0.25, -0.2) is 4.39 Å². The van der Waals surface area contributed by atoms with Gasteiger partial charge < -0.3 is 9.42 Å². The Morgan fingerprint density at radius 3 is 2.73 bits per heavy atom. The first-order valence-electron chi connectivity index (χ1n) is 8.52. The summed E-state index contributed by atoms with van der Waals surface area (Å²) in [6.07, 6.45) is 0.355. The third kappa shape index (κ3) is 3.22. The molecule has 4 rings (SSSR count). The SMILES string of the molecule is Cc1ccccc1-c1nc([C@@H]2CC(=O)N(Cc3ccc(F)cc3)C2)no1. The Balaban J connectivity index is 1.49. The highest BCUT2D eigenvalue weighted by Crippen LogP contribution is 2.30. The van der Waals surface area contributed by atoms with Gasteiger partial charge in [0.1, 0.15) is 5.82 Å². The van der Waals surface area contributed by atoms with E-state index in [1.165, 1.54) is 12.1 Å². The van der Waals surface area contributed by atoms with Crippen LogP contribution in [0.2, 0.25) is 0 Å². The highest BCUT2D eigenvalue weighted by Gasteiger charge is 2.33. The Bertz CT molecular complexity index is 936. The van der Waals surface area contributed by atoms with Gasteiger partial charge in [0.15, 0.2) is 5.82 Å². The number of likely N-dealkylation sites (tertiary alicyclic amines) is 1. The molecule has 0 aliphatic carbocycles. The van der Waals surface area contributed by atoms with E-state index in [0.29, 0.717) is 31.2 Å². The number of nitrogens with zero attached hydrogens (tertiary/aromatic N) is 3. The van der Waals surface area contributed by atoms with E-state index in [1.807, 2.05) is 31.2 Å². The van der Waals surface area contributed by atoms with E-state index in [9.17, 15) is 9.18 Å². The number of carbonyl (C=O) groups excluding carboxylic acids is 1. The molecule has 26 heavy (non-hydrogen) atoms. The summed E-state index contributed by atoms with van der Waals surface area (Å²) in [6.45, 7) is 2.98. The van der Waals surface area contributed by atoms with Gasteiger partial charge in [-0.1, -0.05) is 35.5 Å². The van der Waals surface area contributed by atoms with E-state index in [1.54, 1.807) is 17.0 Å². The predicted molar refractivity (Wildman–Crippen MR) is 93.6 cm³/mol. The Morgan fingerprint density at radius 1 is 1.19 bits per heavy atom. The first kappa shape index (κ1) is 16.4. The molecule has 0 radical (unpaired) electrons. The van der Waals surface area contributed by atoms with Crippen LogP contribution in [0.4, 0.5) is 4.39 Å². The third-order valence-electron chi connectivity index (χ3n) is 4.68. The smallest absolute Gasteiger partial charge is 0.258 e. The van der Waals surface area contributed by atoms with Gasteiger partial charge in [-0.2, -0.15) is 4.98 Å². The predicted octanol–water partition coefficient (Wildman–Crippen LogP) is 3.70. The normalized spacial score (nSPS) is 17.1. The van der Waals surface area contributed by atoms with Crippen LogP contribution in [-0.4, -0.2) is 27.5 Å². The number of hydrogen-bond donors (Lipinski definition) is 0. The summed E-state index contributed by atoms with van der Waals surface area (Å²) in [4.78, 5) is 18.6. The highest BCUT2D eigenvalue weighted by atomic mass is 19.1. The fourth-order valence-electron chi connectivity index (χ4n) is 3.23. The maximum atomic E-state index is 13.0. The first-order valence-corrected chi connectivity index (χ1v) is 8.52. The summed E-state index contributed by atoms with van der Waals surface area (Å²) in [5.41, 5.74) is 2.86. The van der Waals surface area contributed by atoms with Crippen molar-refractivity contribution < 1.29 is 13.7 Å². The quantitative estimate of drug-likeness (QED) is 0.719. The molecule has 0 spiro atoms. The van der Waals surface area contributed by atoms with Crippen LogP contribution in [0.1, 0.15) is 29.3 Å². The molecule has 1 aliphatic heterocycles. The van der Waals surface area contributed by atoms with Crippen molar-refractivity contribution in [3.05, 3.63) is 71.3 Å². The Hall–Kier alpha value is -3.02. The maximum Gasteiger partial charge on any atom is 0.258 e. The molecule has 1 amide bonds. The number of carbonyl (C=O) groups is 1. The van der Waals surface area contributed by atoms with Gasteiger partial charge in [0, 0.05) is 31.0 Å². The molecule has 6 heteroatoms. The Labute approximate surface area is 150 Å². The van der Waals surface area contributed by atoms with Gasteiger partial charge in [-0.15, -0.1) is 0 Å². The third-order valence-corrected chi connectivity index (χ3v) is 4.68. The number of halogens is 1. The van der Waals surface area contributed by atoms with Gasteiger partial charge in [-0.3, -0.25) is 4.79 Å². The average Bonchev–Trinajstić information content (AvgIpc) is 3.25. The van der Waals surface area contributed by atoms with E-state index in [-0.39, 0.29) is 17.6 Å². The van der Waals surface area contributed by atoms with Gasteiger partial charge in [0.05, 0.1) is 0 Å². The Kier molecular flexibility index (Phi) is 4.24. The molecule has 1 saturated heterocycles. The number of benzene rings is 2. The summed E-state index contributed by atoms with van der Waals surface area (Å²) >= 11 is 0. The van der Waals surface area contributed by atoms with Crippen LogP contribution < -0.4 is 0 Å². The molecule has 1 atom stereocenters. The van der Waals surface area contributed by atoms with Crippen molar-refractivity contribution in [3.8, 4) is 11.5 Å². The van der Waals surface area contributed by atoms with Crippen LogP contribution in [-0.2, 0) is 11.3 Å². The van der Waals surface area contributed by atoms with Crippen LogP contribution in [0.25, 0.3) is 11.5 Å². The van der Waals surface area contributed by atoms with Crippen molar-refractivity contribution in [1.29, 1.82) is 0 Å². The summed E-state index contributed by atoms with van der Waals surface area (Å²) in [7, 11) is 0. The second kappa shape index (κ2) is 6.71. The van der Waals surface area contributed by atoms with E-state index in [4.69, 9.17) is 4.52 Å². The lowest BCUT2D eigenvalue weighted by molar-refractivity contribution is -0.128. The second-order valence-corrected chi connectivity index (χ2v) is 6.57. The summed E-state index contributed by atoms with van der Waals surface area (Å²) in [5.74, 6) is 0.696. The summed E-state index contributed by atoms with van der Waals surface area (Å²) < 4.78 is 18.4. The molecule has 0 N–H and O–H groups in total. The molecular formula is C20H18FN3O2. The van der Waals surface area contributed by atoms with Gasteiger partial charge in [-0.05, 0) is 36.2 Å². The molecule has 2 heterocycles. The van der Waals surface area contributed by atoms with Crippen LogP contribution in [0.3, 0.4) is 0 Å². The molecule has 1 aliphatic rings. The second-order valence-electron chi connectivity index (χ2n) is 6.57. The zero-order chi connectivity index (χ0) is 18.1. The van der Waals surface area contributed by atoms with E-state index < -0.39 is 0 Å². The Morgan fingerprint density at radius 2 is 1.96 bits per heavy atom. The van der Waals surface area contributed by atoms with Gasteiger partial charge in [0.25, 0.3) is 5.89 Å². The lowest BCUT2D eigenvalue weighted by Gasteiger charge is -2.16. The molecule has 5 nitrogen and oxygen atoms in total. The first-order chi connectivity index (χ1) is 12.6. The van der Waals surface area contributed by atoms with Crippen molar-refractivity contribution in [3.63, 3.8) is 0 Å². The summed E-state index contributed by atoms with van der Waals surface area (Å²) in [6, 6.07) is 14.0. The van der Waals surface area contributed by atoms with E-state index >= 15 is 0 Å². The molecule has 0 saturated carbocycles. The number of hydrogen-bond acceptors (Lipinski definition) is 4. The fourth-order valence-corrected chi connectivity index (χ4v) is 3.23. The summed E-state index contributed by atoms with van der Waals surface area (Å²) in [5, 5.41) is 4.09. The maximum absolute atomic E-state index is 13.0. The van der Waals surface area contributed by atoms with Crippen LogP contribution in [0.5, 0.6) is 0 Å². The monoisotopic (exact) mass is 351 g/mol. The minimum absolute atomic E-state index is 0.0431. The highest BCUT2D eigenvalue weighted by molar-refractivity contribution is 5.79. The minimum Gasteiger partial charge on any atom is -0.338 e. The molecule has 1 fully saturated rings. The molecule has 132 valence electrons. The van der Waals surface area contributed by atoms with Crippen molar-refractivity contribution in [2.24, 2.45) is 0 Å². The average molecular weight is 351 g/mol. The van der Waals surface area contributed by atoms with Gasteiger partial charge in [0.2, 0.25) is 5.91 Å². The van der Waals surface area contributed by atoms with Crippen molar-refractivity contribution in [1.82, 2.24) is 15.0 Å². The fraction of sp³-hybridized carbons (Fsp3) is 0.250. The number of aromatic nitrogens is 2. The lowest BCUT2D eigenvalue weighted by atomic mass is 10.1. The minimum atomic E-state index is -0.282. The van der Waals surface area contributed by atoms with Crippen molar-refractivity contribution >= 4 is 5.91 Å². The van der Waals surface area contributed by atoms with E-state index in [2.05, 4.69) is 10.1 Å². The topological polar surface area (TPSA) is 59.2 Å². The van der Waals surface area contributed by atoms with Crippen LogP contribution in [0.15, 0.2) is 53.1 Å². The number of rotatable bonds is 4. The lowest BCUT2D eigenvalue weighted by Crippen LogP contribution is -2.24. The molecule has 0 bridgehead atoms. The van der Waals surface area contributed by atoms with Crippen LogP contribution >= 0.6 is 0 Å². The standard InChI is InChI=1S/C20H18FN3O2/c1-13-4-2-3-5-17(13)20-22-19(23-26-20)15-10-18(25)24(12-15)11-14-6-8-16(21)9-7-14/h2-9,15H,10-12H2,1H3/t15-/m1/s1. The number of aryl methyl sites for hydroxylation is 1. The zero-order valence-corrected chi connectivity index (χ0v) is 14.4. The zero-order valence-electron chi connectivity index (χ0n) is 14.4. The molecular weight excluding hydrogens is 333 g/mol. The van der Waals surface area contributed by atoms with Crippen molar-refractivity contribution in [2.75, 3.05) is 6.54 Å². The largest absolute Gasteiger partial charge is 0.338 e. The molecule has 3 aromatic rings. The van der Waals surface area contributed by atoms with Crippen molar-refractivity contribution in [2.45, 2.75) is 25.8 Å².